The molecule has 1 amide bonds. The number of hydrogen-bond donors (Lipinski definition) is 1. The van der Waals surface area contributed by atoms with Crippen LogP contribution in [0.15, 0.2) is 46.7 Å². The Hall–Kier alpha value is -1.66. The molecule has 6 heteroatoms. The molecule has 18 heavy (non-hydrogen) atoms. The van der Waals surface area contributed by atoms with Gasteiger partial charge in [0.05, 0.1) is 11.5 Å². The van der Waals surface area contributed by atoms with Crippen molar-refractivity contribution >= 4 is 15.7 Å². The van der Waals surface area contributed by atoms with Gasteiger partial charge in [-0.05, 0) is 12.1 Å². The maximum absolute atomic E-state index is 11.8. The molecule has 0 fully saturated rings. The lowest BCUT2D eigenvalue weighted by atomic mass is 10.4. The highest BCUT2D eigenvalue weighted by molar-refractivity contribution is 7.94. The summed E-state index contributed by atoms with van der Waals surface area (Å²) in [6, 6.07) is 7.85. The summed E-state index contributed by atoms with van der Waals surface area (Å²) in [7, 11) is -2.11. The average Bonchev–Trinajstić information content (AvgIpc) is 2.37. The first-order chi connectivity index (χ1) is 8.47. The second-order valence-electron chi connectivity index (χ2n) is 3.64. The third-order valence-corrected chi connectivity index (χ3v) is 3.70. The van der Waals surface area contributed by atoms with Gasteiger partial charge in [0.25, 0.3) is 0 Å². The fourth-order valence-electron chi connectivity index (χ4n) is 1.22. The third-order valence-electron chi connectivity index (χ3n) is 2.27. The van der Waals surface area contributed by atoms with Crippen molar-refractivity contribution in [1.29, 1.82) is 0 Å². The number of amides is 1. The Labute approximate surface area is 106 Å². The molecule has 0 unspecified atom stereocenters. The molecule has 0 saturated carbocycles. The van der Waals surface area contributed by atoms with Crippen LogP contribution in [0.2, 0.25) is 0 Å². The monoisotopic (exact) mass is 269 g/mol. The SMILES string of the molecule is CN(CCO)C(=O)/C=C/S(=O)(=O)c1ccccc1. The summed E-state index contributed by atoms with van der Waals surface area (Å²) in [6.45, 7) is -0.00390. The first-order valence-electron chi connectivity index (χ1n) is 5.31. The van der Waals surface area contributed by atoms with E-state index in [0.717, 1.165) is 11.5 Å². The Morgan fingerprint density at radius 1 is 1.33 bits per heavy atom. The predicted molar refractivity (Wildman–Crippen MR) is 67.5 cm³/mol. The molecule has 0 heterocycles. The van der Waals surface area contributed by atoms with E-state index in [1.807, 2.05) is 0 Å². The third kappa shape index (κ3) is 3.97. The minimum Gasteiger partial charge on any atom is -0.395 e. The lowest BCUT2D eigenvalue weighted by Crippen LogP contribution is -2.27. The van der Waals surface area contributed by atoms with Gasteiger partial charge in [-0.3, -0.25) is 4.79 Å². The first kappa shape index (κ1) is 14.4. The second kappa shape index (κ2) is 6.32. The minimum atomic E-state index is -3.59. The van der Waals surface area contributed by atoms with Gasteiger partial charge in [-0.2, -0.15) is 0 Å². The number of rotatable bonds is 5. The molecule has 0 saturated heterocycles. The van der Waals surface area contributed by atoms with Crippen LogP contribution >= 0.6 is 0 Å². The Morgan fingerprint density at radius 3 is 2.50 bits per heavy atom. The van der Waals surface area contributed by atoms with E-state index in [1.165, 1.54) is 24.1 Å². The highest BCUT2D eigenvalue weighted by Gasteiger charge is 2.11. The molecule has 0 aliphatic carbocycles. The molecule has 1 N–H and O–H groups in total. The number of likely N-dealkylation sites (N-methyl/N-ethyl adjacent to an activating group) is 1. The largest absolute Gasteiger partial charge is 0.395 e. The van der Waals surface area contributed by atoms with Crippen LogP contribution in [0.4, 0.5) is 0 Å². The molecule has 1 rings (SSSR count). The summed E-state index contributed by atoms with van der Waals surface area (Å²) < 4.78 is 23.6. The fraction of sp³-hybridized carbons (Fsp3) is 0.250. The summed E-state index contributed by atoms with van der Waals surface area (Å²) in [4.78, 5) is 12.8. The Morgan fingerprint density at radius 2 is 1.94 bits per heavy atom. The second-order valence-corrected chi connectivity index (χ2v) is 5.48. The lowest BCUT2D eigenvalue weighted by Gasteiger charge is -2.12. The van der Waals surface area contributed by atoms with E-state index in [2.05, 4.69) is 0 Å². The number of hydrogen-bond acceptors (Lipinski definition) is 4. The lowest BCUT2D eigenvalue weighted by molar-refractivity contribution is -0.125. The molecule has 0 radical (unpaired) electrons. The summed E-state index contributed by atoms with van der Waals surface area (Å²) in [5.74, 6) is -0.469. The van der Waals surface area contributed by atoms with Crippen molar-refractivity contribution in [2.75, 3.05) is 20.2 Å². The predicted octanol–water partition coefficient (Wildman–Crippen LogP) is 0.425. The quantitative estimate of drug-likeness (QED) is 0.786. The number of carbonyl (C=O) groups is 1. The normalized spacial score (nSPS) is 11.7. The number of sulfone groups is 1. The van der Waals surface area contributed by atoms with Crippen molar-refractivity contribution in [2.45, 2.75) is 4.90 Å². The van der Waals surface area contributed by atoms with Crippen molar-refractivity contribution in [1.82, 2.24) is 4.90 Å². The smallest absolute Gasteiger partial charge is 0.247 e. The molecule has 5 nitrogen and oxygen atoms in total. The number of nitrogens with zero attached hydrogens (tertiary/aromatic N) is 1. The highest BCUT2D eigenvalue weighted by atomic mass is 32.2. The number of aliphatic hydroxyl groups is 1. The van der Waals surface area contributed by atoms with E-state index in [-0.39, 0.29) is 18.0 Å². The van der Waals surface area contributed by atoms with Crippen LogP contribution in [0.3, 0.4) is 0 Å². The molecule has 0 aliphatic heterocycles. The van der Waals surface area contributed by atoms with Crippen LogP contribution in [0.25, 0.3) is 0 Å². The van der Waals surface area contributed by atoms with Crippen molar-refractivity contribution in [3.05, 3.63) is 41.8 Å². The number of carbonyl (C=O) groups excluding carboxylic acids is 1. The van der Waals surface area contributed by atoms with Crippen molar-refractivity contribution in [3.63, 3.8) is 0 Å². The summed E-state index contributed by atoms with van der Waals surface area (Å²) in [6.07, 6.45) is 0.984. The van der Waals surface area contributed by atoms with Crippen LogP contribution in [0.5, 0.6) is 0 Å². The van der Waals surface area contributed by atoms with E-state index in [0.29, 0.717) is 0 Å². The molecule has 98 valence electrons. The minimum absolute atomic E-state index is 0.138. The van der Waals surface area contributed by atoms with Crippen LogP contribution in [-0.4, -0.2) is 44.5 Å². The van der Waals surface area contributed by atoms with Crippen LogP contribution in [-0.2, 0) is 14.6 Å². The molecule has 0 spiro atoms. The van der Waals surface area contributed by atoms with E-state index in [1.54, 1.807) is 18.2 Å². The topological polar surface area (TPSA) is 74.7 Å². The maximum Gasteiger partial charge on any atom is 0.247 e. The molecule has 0 bridgehead atoms. The zero-order valence-electron chi connectivity index (χ0n) is 9.98. The molecular formula is C12H15NO4S. The van der Waals surface area contributed by atoms with Gasteiger partial charge in [0.1, 0.15) is 0 Å². The Balaban J connectivity index is 2.81. The van der Waals surface area contributed by atoms with Gasteiger partial charge in [0, 0.05) is 25.1 Å². The zero-order chi connectivity index (χ0) is 13.6. The Bertz CT molecular complexity index is 522. The van der Waals surface area contributed by atoms with Crippen molar-refractivity contribution < 1.29 is 18.3 Å². The standard InChI is InChI=1S/C12H15NO4S/c1-13(8-9-14)12(15)7-10-18(16,17)11-5-3-2-4-6-11/h2-7,10,14H,8-9H2,1H3/b10-7+. The molecule has 1 aromatic rings. The van der Waals surface area contributed by atoms with Crippen LogP contribution in [0, 0.1) is 0 Å². The maximum atomic E-state index is 11.8. The van der Waals surface area contributed by atoms with Gasteiger partial charge >= 0.3 is 0 Å². The zero-order valence-corrected chi connectivity index (χ0v) is 10.8. The summed E-state index contributed by atoms with van der Waals surface area (Å²) in [5.41, 5.74) is 0. The number of benzene rings is 1. The van der Waals surface area contributed by atoms with Gasteiger partial charge in [-0.1, -0.05) is 18.2 Å². The summed E-state index contributed by atoms with van der Waals surface area (Å²) in [5, 5.41) is 9.53. The fourth-order valence-corrected chi connectivity index (χ4v) is 2.21. The van der Waals surface area contributed by atoms with E-state index in [4.69, 9.17) is 5.11 Å². The van der Waals surface area contributed by atoms with Crippen LogP contribution < -0.4 is 0 Å². The molecule has 0 aliphatic rings. The van der Waals surface area contributed by atoms with E-state index < -0.39 is 15.7 Å². The molecule has 1 aromatic carbocycles. The summed E-state index contributed by atoms with van der Waals surface area (Å²) >= 11 is 0. The van der Waals surface area contributed by atoms with Crippen molar-refractivity contribution in [2.24, 2.45) is 0 Å². The van der Waals surface area contributed by atoms with Gasteiger partial charge in [-0.15, -0.1) is 0 Å². The highest BCUT2D eigenvalue weighted by Crippen LogP contribution is 2.11. The van der Waals surface area contributed by atoms with Gasteiger partial charge < -0.3 is 10.0 Å². The van der Waals surface area contributed by atoms with E-state index in [9.17, 15) is 13.2 Å². The molecule has 0 atom stereocenters. The Kier molecular flexibility index (Phi) is 5.06. The number of aliphatic hydroxyl groups excluding tert-OH is 1. The first-order valence-corrected chi connectivity index (χ1v) is 6.86. The van der Waals surface area contributed by atoms with Crippen LogP contribution in [0.1, 0.15) is 0 Å². The van der Waals surface area contributed by atoms with Gasteiger partial charge in [-0.25, -0.2) is 8.42 Å². The molecular weight excluding hydrogens is 254 g/mol. The molecule has 0 aromatic heterocycles. The average molecular weight is 269 g/mol. The van der Waals surface area contributed by atoms with Crippen molar-refractivity contribution in [3.8, 4) is 0 Å². The van der Waals surface area contributed by atoms with E-state index >= 15 is 0 Å². The van der Waals surface area contributed by atoms with Gasteiger partial charge in [0.2, 0.25) is 5.91 Å². The van der Waals surface area contributed by atoms with Gasteiger partial charge in [0.15, 0.2) is 9.84 Å².